The van der Waals surface area contributed by atoms with Gasteiger partial charge in [-0.3, -0.25) is 9.59 Å². The number of amides is 2. The Morgan fingerprint density at radius 1 is 1.15 bits per heavy atom. The lowest BCUT2D eigenvalue weighted by Gasteiger charge is -2.26. The number of carbonyl (C=O) groups is 2. The summed E-state index contributed by atoms with van der Waals surface area (Å²) >= 11 is 3.47. The van der Waals surface area contributed by atoms with E-state index in [4.69, 9.17) is 0 Å². The molecule has 6 heteroatoms. The van der Waals surface area contributed by atoms with Crippen LogP contribution in [0.5, 0.6) is 0 Å². The number of nitrogens with zero attached hydrogens (tertiary/aromatic N) is 2. The summed E-state index contributed by atoms with van der Waals surface area (Å²) in [6.45, 7) is 0.622. The molecule has 0 spiro atoms. The van der Waals surface area contributed by atoms with E-state index >= 15 is 0 Å². The molecule has 0 radical (unpaired) electrons. The molecule has 2 aromatic rings. The molecule has 2 aliphatic rings. The number of benzene rings is 2. The van der Waals surface area contributed by atoms with Gasteiger partial charge >= 0.3 is 0 Å². The van der Waals surface area contributed by atoms with Gasteiger partial charge in [-0.25, -0.2) is 4.39 Å². The fourth-order valence-electron chi connectivity index (χ4n) is 3.59. The van der Waals surface area contributed by atoms with Gasteiger partial charge in [0.2, 0.25) is 11.8 Å². The van der Waals surface area contributed by atoms with Crippen LogP contribution in [0.4, 0.5) is 10.1 Å². The van der Waals surface area contributed by atoms with Crippen LogP contribution in [0.2, 0.25) is 0 Å². The van der Waals surface area contributed by atoms with Crippen molar-refractivity contribution >= 4 is 33.4 Å². The quantitative estimate of drug-likeness (QED) is 0.715. The smallest absolute Gasteiger partial charge is 0.228 e. The molecule has 1 aliphatic heterocycles. The highest BCUT2D eigenvalue weighted by Gasteiger charge is 2.41. The lowest BCUT2D eigenvalue weighted by atomic mass is 10.1. The first-order valence-corrected chi connectivity index (χ1v) is 9.92. The number of hydrogen-bond acceptors (Lipinski definition) is 2. The van der Waals surface area contributed by atoms with Gasteiger partial charge in [-0.15, -0.1) is 0 Å². The molecule has 0 bridgehead atoms. The first kappa shape index (κ1) is 18.2. The van der Waals surface area contributed by atoms with Crippen molar-refractivity contribution < 1.29 is 14.0 Å². The molecule has 1 aliphatic carbocycles. The molecular weight excluding hydrogens is 411 g/mol. The minimum atomic E-state index is -0.392. The van der Waals surface area contributed by atoms with E-state index in [9.17, 15) is 14.0 Å². The van der Waals surface area contributed by atoms with Gasteiger partial charge in [0.25, 0.3) is 0 Å². The van der Waals surface area contributed by atoms with Gasteiger partial charge in [0.15, 0.2) is 0 Å². The lowest BCUT2D eigenvalue weighted by molar-refractivity contribution is -0.137. The number of halogens is 2. The van der Waals surface area contributed by atoms with Gasteiger partial charge in [0, 0.05) is 35.6 Å². The number of carbonyl (C=O) groups excluding carboxylic acids is 2. The fourth-order valence-corrected chi connectivity index (χ4v) is 4.09. The molecule has 4 nitrogen and oxygen atoms in total. The molecule has 27 heavy (non-hydrogen) atoms. The highest BCUT2D eigenvalue weighted by Crippen LogP contribution is 2.35. The first-order chi connectivity index (χ1) is 13.0. The van der Waals surface area contributed by atoms with Crippen LogP contribution < -0.4 is 4.90 Å². The van der Waals surface area contributed by atoms with Crippen LogP contribution in [-0.4, -0.2) is 29.3 Å². The predicted molar refractivity (Wildman–Crippen MR) is 105 cm³/mol. The van der Waals surface area contributed by atoms with Crippen LogP contribution in [0.3, 0.4) is 0 Å². The van der Waals surface area contributed by atoms with Crippen LogP contribution in [0.1, 0.15) is 24.8 Å². The molecule has 2 amide bonds. The number of para-hydroxylation sites is 1. The largest absolute Gasteiger partial charge is 0.335 e. The third-order valence-electron chi connectivity index (χ3n) is 5.19. The Morgan fingerprint density at radius 3 is 2.56 bits per heavy atom. The summed E-state index contributed by atoms with van der Waals surface area (Å²) in [6.07, 6.45) is 2.07. The molecule has 0 N–H and O–H groups in total. The molecule has 0 aromatic heterocycles. The Bertz CT molecular complexity index is 884. The number of hydrogen-bond donors (Lipinski definition) is 0. The summed E-state index contributed by atoms with van der Waals surface area (Å²) in [5, 5.41) is 0. The Balaban J connectivity index is 1.52. The molecule has 0 unspecified atom stereocenters. The van der Waals surface area contributed by atoms with Crippen molar-refractivity contribution in [2.45, 2.75) is 31.8 Å². The molecule has 140 valence electrons. The summed E-state index contributed by atoms with van der Waals surface area (Å²) in [4.78, 5) is 29.1. The van der Waals surface area contributed by atoms with Crippen molar-refractivity contribution in [2.75, 3.05) is 11.4 Å². The molecule has 1 saturated carbocycles. The molecule has 2 aromatic carbocycles. The second kappa shape index (κ2) is 7.43. The average molecular weight is 431 g/mol. The van der Waals surface area contributed by atoms with Crippen molar-refractivity contribution in [2.24, 2.45) is 5.92 Å². The van der Waals surface area contributed by atoms with E-state index in [1.54, 1.807) is 28.0 Å². The summed E-state index contributed by atoms with van der Waals surface area (Å²) < 4.78 is 14.9. The Kier molecular flexibility index (Phi) is 5.00. The maximum atomic E-state index is 14.1. The Labute approximate surface area is 166 Å². The molecular formula is C21H20BrFN2O2. The van der Waals surface area contributed by atoms with E-state index in [-0.39, 0.29) is 36.6 Å². The summed E-state index contributed by atoms with van der Waals surface area (Å²) in [5.74, 6) is -0.796. The summed E-state index contributed by atoms with van der Waals surface area (Å²) in [7, 11) is 0. The normalized spacial score (nSPS) is 19.4. The minimum Gasteiger partial charge on any atom is -0.335 e. The van der Waals surface area contributed by atoms with Gasteiger partial charge in [-0.2, -0.15) is 0 Å². The second-order valence-electron chi connectivity index (χ2n) is 7.15. The zero-order chi connectivity index (χ0) is 19.0. The molecule has 1 atom stereocenters. The van der Waals surface area contributed by atoms with Gasteiger partial charge in [0.1, 0.15) is 5.82 Å². The monoisotopic (exact) mass is 430 g/mol. The minimum absolute atomic E-state index is 0.0522. The van der Waals surface area contributed by atoms with Gasteiger partial charge in [-0.1, -0.05) is 30.3 Å². The maximum Gasteiger partial charge on any atom is 0.228 e. The highest BCUT2D eigenvalue weighted by molar-refractivity contribution is 9.10. The standard InChI is InChI=1S/C21H20BrFN2O2/c22-17-6-2-4-8-19(17)25-13-15(11-20(25)26)21(27)24(16-9-10-16)12-14-5-1-3-7-18(14)23/h1-8,15-16H,9-13H2/t15-/m1/s1. The van der Waals surface area contributed by atoms with Crippen molar-refractivity contribution in [3.8, 4) is 0 Å². The summed E-state index contributed by atoms with van der Waals surface area (Å²) in [6, 6.07) is 14.2. The van der Waals surface area contributed by atoms with Crippen LogP contribution >= 0.6 is 15.9 Å². The van der Waals surface area contributed by atoms with Crippen molar-refractivity contribution in [3.63, 3.8) is 0 Å². The Hall–Kier alpha value is -2.21. The van der Waals surface area contributed by atoms with Crippen LogP contribution in [0, 0.1) is 11.7 Å². The van der Waals surface area contributed by atoms with E-state index in [0.29, 0.717) is 12.1 Å². The van der Waals surface area contributed by atoms with Gasteiger partial charge < -0.3 is 9.80 Å². The molecule has 1 heterocycles. The van der Waals surface area contributed by atoms with Crippen molar-refractivity contribution in [3.05, 3.63) is 64.4 Å². The fraction of sp³-hybridized carbons (Fsp3) is 0.333. The van der Waals surface area contributed by atoms with Crippen molar-refractivity contribution in [1.82, 2.24) is 4.90 Å². The van der Waals surface area contributed by atoms with Gasteiger partial charge in [-0.05, 0) is 47.0 Å². The highest BCUT2D eigenvalue weighted by atomic mass is 79.9. The van der Waals surface area contributed by atoms with E-state index < -0.39 is 5.92 Å². The van der Waals surface area contributed by atoms with Crippen LogP contribution in [0.25, 0.3) is 0 Å². The van der Waals surface area contributed by atoms with E-state index in [2.05, 4.69) is 15.9 Å². The average Bonchev–Trinajstić information content (AvgIpc) is 3.43. The maximum absolute atomic E-state index is 14.1. The zero-order valence-electron chi connectivity index (χ0n) is 14.8. The van der Waals surface area contributed by atoms with E-state index in [1.807, 2.05) is 24.3 Å². The first-order valence-electron chi connectivity index (χ1n) is 9.13. The Morgan fingerprint density at radius 2 is 1.85 bits per heavy atom. The topological polar surface area (TPSA) is 40.6 Å². The number of rotatable bonds is 5. The zero-order valence-corrected chi connectivity index (χ0v) is 16.4. The lowest BCUT2D eigenvalue weighted by Crippen LogP contribution is -2.38. The molecule has 1 saturated heterocycles. The van der Waals surface area contributed by atoms with Crippen LogP contribution in [-0.2, 0) is 16.1 Å². The third-order valence-corrected chi connectivity index (χ3v) is 5.86. The van der Waals surface area contributed by atoms with E-state index in [0.717, 1.165) is 23.0 Å². The van der Waals surface area contributed by atoms with E-state index in [1.165, 1.54) is 6.07 Å². The number of anilines is 1. The van der Waals surface area contributed by atoms with Crippen LogP contribution in [0.15, 0.2) is 53.0 Å². The predicted octanol–water partition coefficient (Wildman–Crippen LogP) is 4.13. The summed E-state index contributed by atoms with van der Waals surface area (Å²) in [5.41, 5.74) is 1.30. The second-order valence-corrected chi connectivity index (χ2v) is 8.00. The molecule has 2 fully saturated rings. The molecule has 4 rings (SSSR count). The van der Waals surface area contributed by atoms with Crippen molar-refractivity contribution in [1.29, 1.82) is 0 Å². The third kappa shape index (κ3) is 3.76. The van der Waals surface area contributed by atoms with Gasteiger partial charge in [0.05, 0.1) is 11.6 Å². The SMILES string of the molecule is O=C1C[C@@H](C(=O)N(Cc2ccccc2F)C2CC2)CN1c1ccccc1Br.